The van der Waals surface area contributed by atoms with Crippen molar-refractivity contribution in [2.24, 2.45) is 5.92 Å². The first-order valence-electron chi connectivity index (χ1n) is 5.25. The largest absolute Gasteiger partial charge is 0.504 e. The van der Waals surface area contributed by atoms with Crippen LogP contribution in [-0.2, 0) is 6.54 Å². The summed E-state index contributed by atoms with van der Waals surface area (Å²) in [7, 11) is 2.14. The van der Waals surface area contributed by atoms with Gasteiger partial charge in [0.15, 0.2) is 10.9 Å². The molecule has 5 heteroatoms. The van der Waals surface area contributed by atoms with Crippen molar-refractivity contribution in [3.63, 3.8) is 0 Å². The van der Waals surface area contributed by atoms with Gasteiger partial charge in [0.25, 0.3) is 0 Å². The normalized spacial score (nSPS) is 19.6. The zero-order valence-electron chi connectivity index (χ0n) is 8.86. The first kappa shape index (κ1) is 10.8. The Labute approximate surface area is 94.4 Å². The van der Waals surface area contributed by atoms with Crippen LogP contribution in [0, 0.1) is 5.92 Å². The Hall–Kier alpha value is -0.740. The standard InChI is InChI=1S/C10H16ClN3O/c1-13-4-2-8(3-5-13)7-14-10(11)9(15)6-12-14/h6,8,15H,2-5,7H2,1H3. The third-order valence-electron chi connectivity index (χ3n) is 3.03. The molecule has 2 heterocycles. The fourth-order valence-electron chi connectivity index (χ4n) is 1.98. The highest BCUT2D eigenvalue weighted by Crippen LogP contribution is 2.25. The summed E-state index contributed by atoms with van der Waals surface area (Å²) in [6, 6.07) is 0. The zero-order valence-corrected chi connectivity index (χ0v) is 9.61. The highest BCUT2D eigenvalue weighted by atomic mass is 35.5. The van der Waals surface area contributed by atoms with Crippen LogP contribution in [0.2, 0.25) is 5.15 Å². The Morgan fingerprint density at radius 2 is 2.20 bits per heavy atom. The Balaban J connectivity index is 1.94. The van der Waals surface area contributed by atoms with Crippen LogP contribution >= 0.6 is 11.6 Å². The monoisotopic (exact) mass is 229 g/mol. The van der Waals surface area contributed by atoms with Crippen LogP contribution in [0.4, 0.5) is 0 Å². The van der Waals surface area contributed by atoms with E-state index in [1.54, 1.807) is 4.68 Å². The molecule has 0 saturated carbocycles. The molecular weight excluding hydrogens is 214 g/mol. The number of halogens is 1. The first-order chi connectivity index (χ1) is 7.16. The third kappa shape index (κ3) is 2.44. The number of nitrogens with zero attached hydrogens (tertiary/aromatic N) is 3. The molecule has 15 heavy (non-hydrogen) atoms. The van der Waals surface area contributed by atoms with Gasteiger partial charge in [0, 0.05) is 6.54 Å². The molecular formula is C10H16ClN3O. The average Bonchev–Trinajstić information content (AvgIpc) is 2.53. The van der Waals surface area contributed by atoms with Crippen molar-refractivity contribution in [3.8, 4) is 5.75 Å². The van der Waals surface area contributed by atoms with Crippen LogP contribution in [0.25, 0.3) is 0 Å². The van der Waals surface area contributed by atoms with Crippen molar-refractivity contribution in [2.45, 2.75) is 19.4 Å². The second-order valence-electron chi connectivity index (χ2n) is 4.25. The van der Waals surface area contributed by atoms with Crippen LogP contribution in [0.1, 0.15) is 12.8 Å². The van der Waals surface area contributed by atoms with Crippen molar-refractivity contribution < 1.29 is 5.11 Å². The van der Waals surface area contributed by atoms with Crippen LogP contribution in [0.5, 0.6) is 5.75 Å². The molecule has 4 nitrogen and oxygen atoms in total. The van der Waals surface area contributed by atoms with Gasteiger partial charge >= 0.3 is 0 Å². The summed E-state index contributed by atoms with van der Waals surface area (Å²) in [6.07, 6.45) is 3.75. The average molecular weight is 230 g/mol. The summed E-state index contributed by atoms with van der Waals surface area (Å²) in [5, 5.41) is 13.7. The molecule has 1 saturated heterocycles. The highest BCUT2D eigenvalue weighted by Gasteiger charge is 2.18. The molecule has 0 atom stereocenters. The Morgan fingerprint density at radius 3 is 2.73 bits per heavy atom. The van der Waals surface area contributed by atoms with Gasteiger partial charge in [0.2, 0.25) is 0 Å². The molecule has 1 N–H and O–H groups in total. The number of rotatable bonds is 2. The molecule has 0 unspecified atom stereocenters. The number of aromatic hydroxyl groups is 1. The topological polar surface area (TPSA) is 41.3 Å². The van der Waals surface area contributed by atoms with E-state index in [1.165, 1.54) is 19.0 Å². The van der Waals surface area contributed by atoms with E-state index in [4.69, 9.17) is 11.6 Å². The van der Waals surface area contributed by atoms with E-state index in [0.29, 0.717) is 11.1 Å². The van der Waals surface area contributed by atoms with E-state index >= 15 is 0 Å². The molecule has 1 fully saturated rings. The lowest BCUT2D eigenvalue weighted by Gasteiger charge is -2.28. The maximum Gasteiger partial charge on any atom is 0.172 e. The van der Waals surface area contributed by atoms with E-state index in [-0.39, 0.29) is 5.75 Å². The van der Waals surface area contributed by atoms with Gasteiger partial charge in [-0.1, -0.05) is 11.6 Å². The molecule has 1 aliphatic heterocycles. The maximum absolute atomic E-state index is 9.29. The second kappa shape index (κ2) is 4.41. The minimum absolute atomic E-state index is 0.0737. The molecule has 0 radical (unpaired) electrons. The number of aromatic nitrogens is 2. The molecule has 2 rings (SSSR count). The van der Waals surface area contributed by atoms with Crippen molar-refractivity contribution in [1.29, 1.82) is 0 Å². The van der Waals surface area contributed by atoms with E-state index < -0.39 is 0 Å². The van der Waals surface area contributed by atoms with Gasteiger partial charge in [-0.2, -0.15) is 5.10 Å². The predicted octanol–water partition coefficient (Wildman–Crippen LogP) is 1.58. The van der Waals surface area contributed by atoms with Gasteiger partial charge in [-0.05, 0) is 38.9 Å². The van der Waals surface area contributed by atoms with E-state index in [2.05, 4.69) is 17.0 Å². The number of hydrogen-bond acceptors (Lipinski definition) is 3. The minimum Gasteiger partial charge on any atom is -0.504 e. The van der Waals surface area contributed by atoms with Crippen molar-refractivity contribution in [1.82, 2.24) is 14.7 Å². The van der Waals surface area contributed by atoms with Crippen LogP contribution < -0.4 is 0 Å². The van der Waals surface area contributed by atoms with Crippen LogP contribution in [-0.4, -0.2) is 39.9 Å². The molecule has 0 aromatic carbocycles. The Kier molecular flexibility index (Phi) is 3.17. The lowest BCUT2D eigenvalue weighted by atomic mass is 9.97. The molecule has 1 aromatic heterocycles. The van der Waals surface area contributed by atoms with Crippen molar-refractivity contribution >= 4 is 11.6 Å². The molecule has 84 valence electrons. The molecule has 1 aromatic rings. The summed E-state index contributed by atoms with van der Waals surface area (Å²) in [5.74, 6) is 0.697. The van der Waals surface area contributed by atoms with Gasteiger partial charge < -0.3 is 10.0 Å². The number of likely N-dealkylation sites (tertiary alicyclic amines) is 1. The first-order valence-corrected chi connectivity index (χ1v) is 5.63. The summed E-state index contributed by atoms with van der Waals surface area (Å²) in [6.45, 7) is 3.08. The van der Waals surface area contributed by atoms with E-state index in [1.807, 2.05) is 0 Å². The Morgan fingerprint density at radius 1 is 1.53 bits per heavy atom. The summed E-state index contributed by atoms with van der Waals surface area (Å²) < 4.78 is 1.69. The SMILES string of the molecule is CN1CCC(Cn2ncc(O)c2Cl)CC1. The highest BCUT2D eigenvalue weighted by molar-refractivity contribution is 6.30. The lowest BCUT2D eigenvalue weighted by molar-refractivity contribution is 0.201. The third-order valence-corrected chi connectivity index (χ3v) is 3.42. The molecule has 0 bridgehead atoms. The van der Waals surface area contributed by atoms with Crippen molar-refractivity contribution in [2.75, 3.05) is 20.1 Å². The quantitative estimate of drug-likeness (QED) is 0.838. The lowest BCUT2D eigenvalue weighted by Crippen LogP contribution is -2.32. The van der Waals surface area contributed by atoms with Gasteiger partial charge in [0.05, 0.1) is 6.20 Å². The zero-order chi connectivity index (χ0) is 10.8. The molecule has 0 spiro atoms. The van der Waals surface area contributed by atoms with E-state index in [0.717, 1.165) is 19.6 Å². The van der Waals surface area contributed by atoms with Gasteiger partial charge in [-0.25, -0.2) is 0 Å². The van der Waals surface area contributed by atoms with Crippen LogP contribution in [0.3, 0.4) is 0 Å². The van der Waals surface area contributed by atoms with Crippen molar-refractivity contribution in [3.05, 3.63) is 11.3 Å². The predicted molar refractivity (Wildman–Crippen MR) is 59.1 cm³/mol. The Bertz CT molecular complexity index is 331. The smallest absolute Gasteiger partial charge is 0.172 e. The summed E-state index contributed by atoms with van der Waals surface area (Å²) in [5.41, 5.74) is 0. The van der Waals surface area contributed by atoms with E-state index in [9.17, 15) is 5.11 Å². The summed E-state index contributed by atoms with van der Waals surface area (Å²) >= 11 is 5.90. The van der Waals surface area contributed by atoms with Crippen LogP contribution in [0.15, 0.2) is 6.20 Å². The fraction of sp³-hybridized carbons (Fsp3) is 0.700. The van der Waals surface area contributed by atoms with Gasteiger partial charge in [0.1, 0.15) is 0 Å². The minimum atomic E-state index is 0.0737. The second-order valence-corrected chi connectivity index (χ2v) is 4.61. The summed E-state index contributed by atoms with van der Waals surface area (Å²) in [4.78, 5) is 2.33. The number of piperidine rings is 1. The molecule has 0 aliphatic carbocycles. The van der Waals surface area contributed by atoms with Gasteiger partial charge in [-0.15, -0.1) is 0 Å². The fourth-order valence-corrected chi connectivity index (χ4v) is 2.14. The molecule has 1 aliphatic rings. The number of hydrogen-bond donors (Lipinski definition) is 1. The molecule has 0 amide bonds. The maximum atomic E-state index is 9.29. The van der Waals surface area contributed by atoms with Gasteiger partial charge in [-0.3, -0.25) is 4.68 Å².